The van der Waals surface area contributed by atoms with Gasteiger partial charge in [-0.15, -0.1) is 11.3 Å². The fourth-order valence-electron chi connectivity index (χ4n) is 1.78. The second-order valence-corrected chi connectivity index (χ2v) is 5.95. The highest BCUT2D eigenvalue weighted by molar-refractivity contribution is 7.15. The summed E-state index contributed by atoms with van der Waals surface area (Å²) in [5.41, 5.74) is 1.88. The first kappa shape index (κ1) is 15.1. The summed E-state index contributed by atoms with van der Waals surface area (Å²) in [6.45, 7) is 5.48. The number of rotatable bonds is 6. The number of aromatic nitrogens is 1. The smallest absolute Gasteiger partial charge is 0.124 e. The van der Waals surface area contributed by atoms with E-state index in [0.717, 1.165) is 22.8 Å². The molecule has 3 nitrogen and oxygen atoms in total. The predicted molar refractivity (Wildman–Crippen MR) is 80.2 cm³/mol. The van der Waals surface area contributed by atoms with Crippen molar-refractivity contribution in [1.82, 2.24) is 10.3 Å². The molecule has 0 bridgehead atoms. The van der Waals surface area contributed by atoms with Crippen LogP contribution in [-0.4, -0.2) is 18.1 Å². The number of ether oxygens (including phenoxy) is 1. The Bertz CT molecular complexity index is 552. The Labute approximate surface area is 122 Å². The predicted octanol–water partition coefficient (Wildman–Crippen LogP) is 3.59. The van der Waals surface area contributed by atoms with E-state index in [-0.39, 0.29) is 5.82 Å². The van der Waals surface area contributed by atoms with Crippen LogP contribution in [-0.2, 0) is 17.9 Å². The molecule has 0 aliphatic carbocycles. The molecule has 1 aromatic heterocycles. The van der Waals surface area contributed by atoms with Gasteiger partial charge in [-0.1, -0.05) is 13.8 Å². The molecule has 2 aromatic rings. The van der Waals surface area contributed by atoms with Crippen LogP contribution in [0.2, 0.25) is 0 Å². The Morgan fingerprint density at radius 2 is 2.00 bits per heavy atom. The fourth-order valence-corrected chi connectivity index (χ4v) is 2.80. The normalized spacial score (nSPS) is 11.2. The quantitative estimate of drug-likeness (QED) is 0.884. The van der Waals surface area contributed by atoms with E-state index in [0.29, 0.717) is 12.6 Å². The molecule has 0 radical (unpaired) electrons. The lowest BCUT2D eigenvalue weighted by Crippen LogP contribution is -2.21. The molecule has 2 rings (SSSR count). The van der Waals surface area contributed by atoms with Gasteiger partial charge in [0.2, 0.25) is 0 Å². The molecule has 0 saturated carbocycles. The Morgan fingerprint density at radius 3 is 2.60 bits per heavy atom. The first-order valence-electron chi connectivity index (χ1n) is 6.57. The van der Waals surface area contributed by atoms with Crippen molar-refractivity contribution in [3.05, 3.63) is 40.7 Å². The maximum Gasteiger partial charge on any atom is 0.124 e. The highest BCUT2D eigenvalue weighted by Gasteiger charge is 2.12. The zero-order valence-electron chi connectivity index (χ0n) is 11.9. The molecule has 20 heavy (non-hydrogen) atoms. The fraction of sp³-hybridized carbons (Fsp3) is 0.400. The first-order valence-corrected chi connectivity index (χ1v) is 7.38. The zero-order chi connectivity index (χ0) is 14.5. The van der Waals surface area contributed by atoms with E-state index in [1.807, 2.05) is 0 Å². The van der Waals surface area contributed by atoms with Gasteiger partial charge in [0.05, 0.1) is 12.3 Å². The maximum atomic E-state index is 13.0. The Balaban J connectivity index is 2.25. The topological polar surface area (TPSA) is 34.1 Å². The van der Waals surface area contributed by atoms with Crippen LogP contribution in [0.1, 0.15) is 24.4 Å². The first-order chi connectivity index (χ1) is 9.60. The number of benzene rings is 1. The number of methoxy groups -OCH3 is 1. The monoisotopic (exact) mass is 294 g/mol. The number of thiazole rings is 1. The van der Waals surface area contributed by atoms with Gasteiger partial charge in [-0.25, -0.2) is 9.37 Å². The summed E-state index contributed by atoms with van der Waals surface area (Å²) in [5.74, 6) is -0.232. The molecule has 0 aliphatic heterocycles. The van der Waals surface area contributed by atoms with Gasteiger partial charge in [0, 0.05) is 30.1 Å². The highest BCUT2D eigenvalue weighted by atomic mass is 32.1. The van der Waals surface area contributed by atoms with E-state index < -0.39 is 0 Å². The maximum absolute atomic E-state index is 13.0. The summed E-state index contributed by atoms with van der Waals surface area (Å²) < 4.78 is 18.2. The van der Waals surface area contributed by atoms with Crippen molar-refractivity contribution in [3.8, 4) is 10.6 Å². The molecule has 0 atom stereocenters. The number of nitrogens with zero attached hydrogens (tertiary/aromatic N) is 1. The Morgan fingerprint density at radius 1 is 1.30 bits per heavy atom. The Kier molecular flexibility index (Phi) is 5.23. The molecule has 108 valence electrons. The second kappa shape index (κ2) is 6.92. The summed E-state index contributed by atoms with van der Waals surface area (Å²) in [4.78, 5) is 5.78. The molecule has 1 N–H and O–H groups in total. The van der Waals surface area contributed by atoms with Crippen molar-refractivity contribution in [3.63, 3.8) is 0 Å². The molecule has 1 aromatic carbocycles. The second-order valence-electron chi connectivity index (χ2n) is 4.86. The van der Waals surface area contributed by atoms with Gasteiger partial charge in [0.15, 0.2) is 0 Å². The van der Waals surface area contributed by atoms with Crippen LogP contribution in [0.3, 0.4) is 0 Å². The van der Waals surface area contributed by atoms with Crippen LogP contribution in [0, 0.1) is 5.82 Å². The summed E-state index contributed by atoms with van der Waals surface area (Å²) in [5, 5.41) is 4.29. The third-order valence-electron chi connectivity index (χ3n) is 2.82. The van der Waals surface area contributed by atoms with Crippen LogP contribution >= 0.6 is 11.3 Å². The van der Waals surface area contributed by atoms with E-state index in [1.165, 1.54) is 17.0 Å². The van der Waals surface area contributed by atoms with Crippen LogP contribution in [0.4, 0.5) is 4.39 Å². The summed E-state index contributed by atoms with van der Waals surface area (Å²) in [7, 11) is 1.66. The molecule has 0 fully saturated rings. The molecule has 0 amide bonds. The summed E-state index contributed by atoms with van der Waals surface area (Å²) in [6.07, 6.45) is 0. The lowest BCUT2D eigenvalue weighted by Gasteiger charge is -2.07. The minimum Gasteiger partial charge on any atom is -0.378 e. The largest absolute Gasteiger partial charge is 0.378 e. The molecule has 0 unspecified atom stereocenters. The van der Waals surface area contributed by atoms with Gasteiger partial charge in [-0.3, -0.25) is 0 Å². The van der Waals surface area contributed by atoms with Crippen LogP contribution in [0.15, 0.2) is 24.3 Å². The summed E-state index contributed by atoms with van der Waals surface area (Å²) >= 11 is 1.62. The van der Waals surface area contributed by atoms with Gasteiger partial charge >= 0.3 is 0 Å². The molecule has 1 heterocycles. The van der Waals surface area contributed by atoms with Gasteiger partial charge in [0.1, 0.15) is 10.8 Å². The van der Waals surface area contributed by atoms with Gasteiger partial charge < -0.3 is 10.1 Å². The standard InChI is InChI=1S/C15H19FN2OS/c1-10(2)17-8-14-13(9-19-3)18-15(20-14)11-4-6-12(16)7-5-11/h4-7,10,17H,8-9H2,1-3H3. The van der Waals surface area contributed by atoms with Gasteiger partial charge in [-0.2, -0.15) is 0 Å². The van der Waals surface area contributed by atoms with Gasteiger partial charge in [0.25, 0.3) is 0 Å². The molecular weight excluding hydrogens is 275 g/mol. The minimum atomic E-state index is -0.232. The van der Waals surface area contributed by atoms with Crippen molar-refractivity contribution in [2.45, 2.75) is 33.0 Å². The molecular formula is C15H19FN2OS. The van der Waals surface area contributed by atoms with E-state index in [2.05, 4.69) is 24.1 Å². The number of nitrogens with one attached hydrogen (secondary N) is 1. The Hall–Kier alpha value is -1.30. The van der Waals surface area contributed by atoms with E-state index >= 15 is 0 Å². The lowest BCUT2D eigenvalue weighted by molar-refractivity contribution is 0.181. The number of hydrogen-bond donors (Lipinski definition) is 1. The molecule has 0 spiro atoms. The minimum absolute atomic E-state index is 0.232. The molecule has 0 aliphatic rings. The average molecular weight is 294 g/mol. The number of hydrogen-bond acceptors (Lipinski definition) is 4. The van der Waals surface area contributed by atoms with E-state index in [9.17, 15) is 4.39 Å². The van der Waals surface area contributed by atoms with Crippen molar-refractivity contribution in [1.29, 1.82) is 0 Å². The van der Waals surface area contributed by atoms with Crippen molar-refractivity contribution >= 4 is 11.3 Å². The van der Waals surface area contributed by atoms with Crippen LogP contribution in [0.25, 0.3) is 10.6 Å². The van der Waals surface area contributed by atoms with Gasteiger partial charge in [-0.05, 0) is 24.3 Å². The third-order valence-corrected chi connectivity index (χ3v) is 3.97. The molecule has 0 saturated heterocycles. The van der Waals surface area contributed by atoms with E-state index in [1.54, 1.807) is 30.6 Å². The average Bonchev–Trinajstić information content (AvgIpc) is 2.81. The zero-order valence-corrected chi connectivity index (χ0v) is 12.8. The van der Waals surface area contributed by atoms with E-state index in [4.69, 9.17) is 4.74 Å². The third kappa shape index (κ3) is 3.85. The van der Waals surface area contributed by atoms with Crippen molar-refractivity contribution in [2.24, 2.45) is 0 Å². The lowest BCUT2D eigenvalue weighted by atomic mass is 10.2. The molecule has 5 heteroatoms. The van der Waals surface area contributed by atoms with Crippen LogP contribution < -0.4 is 5.32 Å². The number of halogens is 1. The summed E-state index contributed by atoms with van der Waals surface area (Å²) in [6, 6.07) is 6.84. The SMILES string of the molecule is COCc1nc(-c2ccc(F)cc2)sc1CNC(C)C. The van der Waals surface area contributed by atoms with Crippen molar-refractivity contribution < 1.29 is 9.13 Å². The highest BCUT2D eigenvalue weighted by Crippen LogP contribution is 2.28. The van der Waals surface area contributed by atoms with Crippen LogP contribution in [0.5, 0.6) is 0 Å². The van der Waals surface area contributed by atoms with Crippen molar-refractivity contribution in [2.75, 3.05) is 7.11 Å².